The molecule has 26 heavy (non-hydrogen) atoms. The maximum atomic E-state index is 11.8. The number of hydrogen-bond donors (Lipinski definition) is 3. The van der Waals surface area contributed by atoms with Crippen LogP contribution in [0.15, 0.2) is 53.5 Å². The van der Waals surface area contributed by atoms with Crippen molar-refractivity contribution in [2.75, 3.05) is 13.1 Å². The van der Waals surface area contributed by atoms with E-state index in [0.717, 1.165) is 28.7 Å². The quantitative estimate of drug-likeness (QED) is 0.516. The summed E-state index contributed by atoms with van der Waals surface area (Å²) in [5.74, 6) is 0.691. The Morgan fingerprint density at radius 3 is 2.12 bits per heavy atom. The first kappa shape index (κ1) is 19.8. The van der Waals surface area contributed by atoms with Crippen molar-refractivity contribution in [3.63, 3.8) is 0 Å². The number of amides is 1. The van der Waals surface area contributed by atoms with Crippen LogP contribution in [0.3, 0.4) is 0 Å². The van der Waals surface area contributed by atoms with E-state index in [2.05, 4.69) is 20.9 Å². The fourth-order valence-corrected chi connectivity index (χ4v) is 2.45. The van der Waals surface area contributed by atoms with E-state index in [1.54, 1.807) is 0 Å². The molecule has 2 aromatic carbocycles. The molecule has 0 aromatic heterocycles. The van der Waals surface area contributed by atoms with E-state index in [1.807, 2.05) is 62.4 Å². The van der Waals surface area contributed by atoms with Crippen LogP contribution < -0.4 is 16.0 Å². The summed E-state index contributed by atoms with van der Waals surface area (Å²) >= 11 is 5.91. The maximum Gasteiger partial charge on any atom is 0.251 e. The average Bonchev–Trinajstić information content (AvgIpc) is 2.66. The number of nitrogens with one attached hydrogen (secondary N) is 3. The van der Waals surface area contributed by atoms with Gasteiger partial charge < -0.3 is 16.0 Å². The second kappa shape index (κ2) is 10.5. The zero-order valence-electron chi connectivity index (χ0n) is 15.2. The summed E-state index contributed by atoms with van der Waals surface area (Å²) in [5, 5.41) is 10.1. The lowest BCUT2D eigenvalue weighted by Gasteiger charge is -2.11. The Kier molecular flexibility index (Phi) is 7.96. The number of hydrogen-bond acceptors (Lipinski definition) is 2. The highest BCUT2D eigenvalue weighted by Crippen LogP contribution is 2.09. The van der Waals surface area contributed by atoms with Gasteiger partial charge in [-0.3, -0.25) is 4.79 Å². The lowest BCUT2D eigenvalue weighted by Crippen LogP contribution is -2.36. The van der Waals surface area contributed by atoms with Crippen LogP contribution in [0.4, 0.5) is 0 Å². The Balaban J connectivity index is 1.95. The van der Waals surface area contributed by atoms with E-state index in [1.165, 1.54) is 0 Å². The van der Waals surface area contributed by atoms with Gasteiger partial charge in [0.05, 0.1) is 6.54 Å². The lowest BCUT2D eigenvalue weighted by molar-refractivity contribution is 0.0956. The van der Waals surface area contributed by atoms with Crippen molar-refractivity contribution in [1.29, 1.82) is 0 Å². The standard InChI is InChI=1S/C20H25ClN4O/c1-3-22-19(26)17-9-5-15(6-10-17)13-24-20(23-4-2)25-14-16-7-11-18(21)12-8-16/h5-12H,3-4,13-14H2,1-2H3,(H,22,26)(H2,23,24,25). The topological polar surface area (TPSA) is 65.5 Å². The van der Waals surface area contributed by atoms with Gasteiger partial charge >= 0.3 is 0 Å². The largest absolute Gasteiger partial charge is 0.357 e. The van der Waals surface area contributed by atoms with Crippen LogP contribution in [0.1, 0.15) is 35.3 Å². The van der Waals surface area contributed by atoms with Crippen LogP contribution in [-0.4, -0.2) is 25.0 Å². The third kappa shape index (κ3) is 6.41. The van der Waals surface area contributed by atoms with Crippen molar-refractivity contribution in [2.24, 2.45) is 4.99 Å². The van der Waals surface area contributed by atoms with E-state index >= 15 is 0 Å². The molecule has 0 saturated carbocycles. The monoisotopic (exact) mass is 372 g/mol. The van der Waals surface area contributed by atoms with Crippen molar-refractivity contribution >= 4 is 23.5 Å². The Morgan fingerprint density at radius 1 is 0.885 bits per heavy atom. The molecular weight excluding hydrogens is 348 g/mol. The van der Waals surface area contributed by atoms with E-state index in [-0.39, 0.29) is 5.91 Å². The molecule has 0 fully saturated rings. The van der Waals surface area contributed by atoms with Crippen molar-refractivity contribution < 1.29 is 4.79 Å². The lowest BCUT2D eigenvalue weighted by atomic mass is 10.1. The SMILES string of the molecule is CCNC(=O)c1ccc(CN=C(NCC)NCc2ccc(Cl)cc2)cc1. The first-order chi connectivity index (χ1) is 12.6. The Morgan fingerprint density at radius 2 is 1.50 bits per heavy atom. The molecule has 0 unspecified atom stereocenters. The smallest absolute Gasteiger partial charge is 0.251 e. The molecule has 6 heteroatoms. The molecule has 0 heterocycles. The van der Waals surface area contributed by atoms with Crippen LogP contribution in [0.5, 0.6) is 0 Å². The third-order valence-corrected chi connectivity index (χ3v) is 3.94. The van der Waals surface area contributed by atoms with Crippen molar-refractivity contribution in [3.8, 4) is 0 Å². The predicted octanol–water partition coefficient (Wildman–Crippen LogP) is 3.35. The summed E-state index contributed by atoms with van der Waals surface area (Å²) in [6.45, 7) is 6.53. The minimum Gasteiger partial charge on any atom is -0.357 e. The summed E-state index contributed by atoms with van der Waals surface area (Å²) < 4.78 is 0. The molecule has 1 amide bonds. The van der Waals surface area contributed by atoms with Crippen molar-refractivity contribution in [2.45, 2.75) is 26.9 Å². The molecule has 5 nitrogen and oxygen atoms in total. The van der Waals surface area contributed by atoms with Crippen LogP contribution in [0.25, 0.3) is 0 Å². The van der Waals surface area contributed by atoms with Gasteiger partial charge in [0.1, 0.15) is 0 Å². The summed E-state index contributed by atoms with van der Waals surface area (Å²) in [7, 11) is 0. The normalized spacial score (nSPS) is 11.1. The number of carbonyl (C=O) groups excluding carboxylic acids is 1. The third-order valence-electron chi connectivity index (χ3n) is 3.69. The fourth-order valence-electron chi connectivity index (χ4n) is 2.32. The molecule has 0 aliphatic heterocycles. The molecular formula is C20H25ClN4O. The molecule has 0 spiro atoms. The minimum atomic E-state index is -0.0551. The molecule has 138 valence electrons. The van der Waals surface area contributed by atoms with Crippen molar-refractivity contribution in [1.82, 2.24) is 16.0 Å². The van der Waals surface area contributed by atoms with Crippen LogP contribution in [0.2, 0.25) is 5.02 Å². The fraction of sp³-hybridized carbons (Fsp3) is 0.300. The number of carbonyl (C=O) groups is 1. The van der Waals surface area contributed by atoms with Gasteiger partial charge in [-0.25, -0.2) is 4.99 Å². The summed E-state index contributed by atoms with van der Waals surface area (Å²) in [5.41, 5.74) is 2.83. The van der Waals surface area contributed by atoms with Gasteiger partial charge in [0, 0.05) is 30.2 Å². The van der Waals surface area contributed by atoms with E-state index < -0.39 is 0 Å². The molecule has 0 aliphatic rings. The Labute approximate surface area is 159 Å². The van der Waals surface area contributed by atoms with E-state index in [9.17, 15) is 4.79 Å². The summed E-state index contributed by atoms with van der Waals surface area (Å²) in [4.78, 5) is 16.4. The molecule has 3 N–H and O–H groups in total. The molecule has 0 aliphatic carbocycles. The molecule has 0 bridgehead atoms. The Bertz CT molecular complexity index is 726. The minimum absolute atomic E-state index is 0.0551. The molecule has 2 aromatic rings. The van der Waals surface area contributed by atoms with Gasteiger partial charge in [0.25, 0.3) is 5.91 Å². The van der Waals surface area contributed by atoms with Gasteiger partial charge in [0.2, 0.25) is 0 Å². The van der Waals surface area contributed by atoms with Crippen LogP contribution >= 0.6 is 11.6 Å². The Hall–Kier alpha value is -2.53. The predicted molar refractivity (Wildman–Crippen MR) is 108 cm³/mol. The highest BCUT2D eigenvalue weighted by atomic mass is 35.5. The van der Waals surface area contributed by atoms with Crippen molar-refractivity contribution in [3.05, 3.63) is 70.2 Å². The first-order valence-corrected chi connectivity index (χ1v) is 9.14. The molecule has 2 rings (SSSR count). The zero-order valence-corrected chi connectivity index (χ0v) is 15.9. The van der Waals surface area contributed by atoms with Crippen LogP contribution in [-0.2, 0) is 13.1 Å². The number of guanidine groups is 1. The van der Waals surface area contributed by atoms with Gasteiger partial charge in [-0.1, -0.05) is 35.9 Å². The van der Waals surface area contributed by atoms with Gasteiger partial charge in [-0.15, -0.1) is 0 Å². The number of aliphatic imine (C=N–C) groups is 1. The number of benzene rings is 2. The van der Waals surface area contributed by atoms with E-state index in [4.69, 9.17) is 11.6 Å². The van der Waals surface area contributed by atoms with E-state index in [0.29, 0.717) is 25.2 Å². The van der Waals surface area contributed by atoms with Gasteiger partial charge in [0.15, 0.2) is 5.96 Å². The molecule has 0 atom stereocenters. The average molecular weight is 373 g/mol. The van der Waals surface area contributed by atoms with Crippen LogP contribution in [0, 0.1) is 0 Å². The second-order valence-electron chi connectivity index (χ2n) is 5.73. The highest BCUT2D eigenvalue weighted by Gasteiger charge is 2.04. The molecule has 0 radical (unpaired) electrons. The zero-order chi connectivity index (χ0) is 18.8. The maximum absolute atomic E-state index is 11.8. The summed E-state index contributed by atoms with van der Waals surface area (Å²) in [6.07, 6.45) is 0. The second-order valence-corrected chi connectivity index (χ2v) is 6.17. The molecule has 0 saturated heterocycles. The number of rotatable bonds is 7. The first-order valence-electron chi connectivity index (χ1n) is 8.76. The highest BCUT2D eigenvalue weighted by molar-refractivity contribution is 6.30. The number of halogens is 1. The summed E-state index contributed by atoms with van der Waals surface area (Å²) in [6, 6.07) is 15.2. The van der Waals surface area contributed by atoms with Gasteiger partial charge in [-0.05, 0) is 49.2 Å². The number of nitrogens with zero attached hydrogens (tertiary/aromatic N) is 1. The van der Waals surface area contributed by atoms with Gasteiger partial charge in [-0.2, -0.15) is 0 Å².